The summed E-state index contributed by atoms with van der Waals surface area (Å²) in [5, 5.41) is 9.12. The highest BCUT2D eigenvalue weighted by Crippen LogP contribution is 2.10. The van der Waals surface area contributed by atoms with E-state index in [-0.39, 0.29) is 5.75 Å². The van der Waals surface area contributed by atoms with E-state index in [1.165, 1.54) is 0 Å². The predicted octanol–water partition coefficient (Wildman–Crippen LogP) is 2.24. The molecule has 2 heteroatoms. The standard InChI is InChI=1S/C11H11NO/c13-11-6-7-12(9-11)8-10-4-2-1-3-5-10/h1-7,9,13H,8H2/i1D. The Balaban J connectivity index is 2.15. The zero-order chi connectivity index (χ0) is 9.97. The predicted molar refractivity (Wildman–Crippen MR) is 51.6 cm³/mol. The molecule has 2 aromatic rings. The van der Waals surface area contributed by atoms with Gasteiger partial charge in [-0.05, 0) is 11.6 Å². The molecule has 0 aliphatic rings. The zero-order valence-corrected chi connectivity index (χ0v) is 7.14. The Morgan fingerprint density at radius 3 is 2.69 bits per heavy atom. The molecule has 13 heavy (non-hydrogen) atoms. The molecule has 0 bridgehead atoms. The van der Waals surface area contributed by atoms with Gasteiger partial charge in [-0.25, -0.2) is 0 Å². The fourth-order valence-electron chi connectivity index (χ4n) is 1.26. The van der Waals surface area contributed by atoms with E-state index in [1.807, 2.05) is 22.9 Å². The van der Waals surface area contributed by atoms with E-state index in [1.54, 1.807) is 24.4 Å². The topological polar surface area (TPSA) is 25.2 Å². The van der Waals surface area contributed by atoms with Crippen LogP contribution in [0.3, 0.4) is 0 Å². The van der Waals surface area contributed by atoms with Crippen LogP contribution < -0.4 is 0 Å². The van der Waals surface area contributed by atoms with E-state index < -0.39 is 0 Å². The van der Waals surface area contributed by atoms with Crippen molar-refractivity contribution in [2.24, 2.45) is 0 Å². The van der Waals surface area contributed by atoms with Crippen LogP contribution in [0.4, 0.5) is 0 Å². The number of benzene rings is 1. The maximum Gasteiger partial charge on any atom is 0.133 e. The lowest BCUT2D eigenvalue weighted by atomic mass is 10.2. The van der Waals surface area contributed by atoms with Crippen LogP contribution in [0.5, 0.6) is 5.75 Å². The molecule has 0 saturated carbocycles. The average Bonchev–Trinajstić information content (AvgIpc) is 2.56. The van der Waals surface area contributed by atoms with Gasteiger partial charge >= 0.3 is 0 Å². The van der Waals surface area contributed by atoms with Crippen LogP contribution >= 0.6 is 0 Å². The summed E-state index contributed by atoms with van der Waals surface area (Å²) in [5.74, 6) is 0.280. The highest BCUT2D eigenvalue weighted by Gasteiger charge is 1.94. The molecule has 0 radical (unpaired) electrons. The molecule has 0 saturated heterocycles. The summed E-state index contributed by atoms with van der Waals surface area (Å²) in [6.45, 7) is 0.723. The van der Waals surface area contributed by atoms with E-state index >= 15 is 0 Å². The van der Waals surface area contributed by atoms with E-state index in [4.69, 9.17) is 6.48 Å². The van der Waals surface area contributed by atoms with Crippen LogP contribution in [0.2, 0.25) is 0 Å². The minimum Gasteiger partial charge on any atom is -0.506 e. The monoisotopic (exact) mass is 174 g/mol. The van der Waals surface area contributed by atoms with Gasteiger partial charge in [-0.1, -0.05) is 30.3 Å². The lowest BCUT2D eigenvalue weighted by molar-refractivity contribution is 0.474. The Bertz CT molecular complexity index is 419. The van der Waals surface area contributed by atoms with Crippen molar-refractivity contribution >= 4 is 0 Å². The summed E-state index contributed by atoms with van der Waals surface area (Å²) in [6.07, 6.45) is 3.50. The molecule has 0 unspecified atom stereocenters. The Morgan fingerprint density at radius 1 is 1.31 bits per heavy atom. The second kappa shape index (κ2) is 3.35. The second-order valence-electron chi connectivity index (χ2n) is 2.95. The van der Waals surface area contributed by atoms with Gasteiger partial charge in [-0.2, -0.15) is 0 Å². The quantitative estimate of drug-likeness (QED) is 0.742. The zero-order valence-electron chi connectivity index (χ0n) is 8.14. The number of aromatic hydroxyl groups is 1. The fraction of sp³-hybridized carbons (Fsp3) is 0.0909. The van der Waals surface area contributed by atoms with Gasteiger partial charge in [0.05, 0.1) is 1.37 Å². The van der Waals surface area contributed by atoms with Gasteiger partial charge in [0.25, 0.3) is 0 Å². The lowest BCUT2D eigenvalue weighted by Gasteiger charge is -2.01. The Morgan fingerprint density at radius 2 is 2.08 bits per heavy atom. The number of nitrogens with zero attached hydrogens (tertiary/aromatic N) is 1. The summed E-state index contributed by atoms with van der Waals surface area (Å²) in [6, 6.07) is 9.53. The summed E-state index contributed by atoms with van der Waals surface area (Å²) in [4.78, 5) is 0. The molecule has 0 spiro atoms. The van der Waals surface area contributed by atoms with Crippen molar-refractivity contribution in [3.05, 3.63) is 54.3 Å². The number of aromatic nitrogens is 1. The van der Waals surface area contributed by atoms with Gasteiger partial charge in [0.2, 0.25) is 0 Å². The summed E-state index contributed by atoms with van der Waals surface area (Å²) in [5.41, 5.74) is 1.12. The maximum absolute atomic E-state index is 9.12. The SMILES string of the molecule is [2H]c1ccc(Cn2ccc(O)c2)cc1. The summed E-state index contributed by atoms with van der Waals surface area (Å²) in [7, 11) is 0. The first-order valence-electron chi connectivity index (χ1n) is 4.64. The van der Waals surface area contributed by atoms with Gasteiger partial charge in [0, 0.05) is 18.9 Å². The number of hydrogen-bond acceptors (Lipinski definition) is 1. The van der Waals surface area contributed by atoms with Crippen LogP contribution in [0.15, 0.2) is 48.8 Å². The number of rotatable bonds is 2. The molecule has 1 heterocycles. The van der Waals surface area contributed by atoms with Crippen molar-refractivity contribution in [3.8, 4) is 5.75 Å². The molecule has 0 atom stereocenters. The largest absolute Gasteiger partial charge is 0.506 e. The van der Waals surface area contributed by atoms with Gasteiger partial charge < -0.3 is 9.67 Å². The molecular formula is C11H11NO. The first kappa shape index (κ1) is 6.78. The van der Waals surface area contributed by atoms with Gasteiger partial charge in [0.1, 0.15) is 5.75 Å². The van der Waals surface area contributed by atoms with Crippen LogP contribution in [-0.2, 0) is 6.54 Å². The third-order valence-corrected chi connectivity index (χ3v) is 1.89. The van der Waals surface area contributed by atoms with Crippen molar-refractivity contribution in [3.63, 3.8) is 0 Å². The van der Waals surface area contributed by atoms with Crippen LogP contribution in [-0.4, -0.2) is 9.67 Å². The van der Waals surface area contributed by atoms with Crippen molar-refractivity contribution in [1.82, 2.24) is 4.57 Å². The molecule has 1 N–H and O–H groups in total. The third-order valence-electron chi connectivity index (χ3n) is 1.89. The second-order valence-corrected chi connectivity index (χ2v) is 2.95. The summed E-state index contributed by atoms with van der Waals surface area (Å²) >= 11 is 0. The molecule has 1 aromatic carbocycles. The molecule has 0 amide bonds. The highest BCUT2D eigenvalue weighted by molar-refractivity contribution is 5.19. The first-order chi connectivity index (χ1) is 6.74. The molecular weight excluding hydrogens is 162 g/mol. The first-order valence-corrected chi connectivity index (χ1v) is 4.14. The maximum atomic E-state index is 9.12. The van der Waals surface area contributed by atoms with Crippen molar-refractivity contribution in [2.45, 2.75) is 6.54 Å². The average molecular weight is 174 g/mol. The van der Waals surface area contributed by atoms with E-state index in [9.17, 15) is 0 Å². The highest BCUT2D eigenvalue weighted by atomic mass is 16.3. The third kappa shape index (κ3) is 1.90. The minimum atomic E-state index is 0.280. The molecule has 0 aliphatic carbocycles. The minimum absolute atomic E-state index is 0.280. The van der Waals surface area contributed by atoms with Crippen LogP contribution in [0.1, 0.15) is 6.93 Å². The van der Waals surface area contributed by atoms with Crippen LogP contribution in [0.25, 0.3) is 0 Å². The van der Waals surface area contributed by atoms with Crippen molar-refractivity contribution in [2.75, 3.05) is 0 Å². The van der Waals surface area contributed by atoms with Gasteiger partial charge in [0.15, 0.2) is 0 Å². The van der Waals surface area contributed by atoms with Crippen molar-refractivity contribution in [1.29, 1.82) is 0 Å². The van der Waals surface area contributed by atoms with E-state index in [0.717, 1.165) is 12.1 Å². The van der Waals surface area contributed by atoms with Crippen molar-refractivity contribution < 1.29 is 6.48 Å². The Kier molecular flexibility index (Phi) is 1.75. The van der Waals surface area contributed by atoms with Gasteiger partial charge in [-0.3, -0.25) is 0 Å². The van der Waals surface area contributed by atoms with E-state index in [0.29, 0.717) is 6.04 Å². The van der Waals surface area contributed by atoms with Gasteiger partial charge in [-0.15, -0.1) is 0 Å². The van der Waals surface area contributed by atoms with Crippen LogP contribution in [0, 0.1) is 0 Å². The molecule has 66 valence electrons. The summed E-state index contributed by atoms with van der Waals surface area (Å²) < 4.78 is 9.23. The molecule has 2 nitrogen and oxygen atoms in total. The Hall–Kier alpha value is -1.70. The molecule has 0 aliphatic heterocycles. The molecule has 2 rings (SSSR count). The fourth-order valence-corrected chi connectivity index (χ4v) is 1.26. The lowest BCUT2D eigenvalue weighted by Crippen LogP contribution is -1.94. The normalized spacial score (nSPS) is 11.2. The molecule has 1 aromatic heterocycles. The number of hydrogen-bond donors (Lipinski definition) is 1. The molecule has 0 fully saturated rings. The smallest absolute Gasteiger partial charge is 0.133 e. The Labute approximate surface area is 78.5 Å². The van der Waals surface area contributed by atoms with E-state index in [2.05, 4.69) is 0 Å².